The molecule has 0 bridgehead atoms. The lowest BCUT2D eigenvalue weighted by atomic mass is 9.97. The number of aliphatic hydroxyl groups is 1. The Balaban J connectivity index is 1.61. The molecule has 0 aliphatic carbocycles. The van der Waals surface area contributed by atoms with Gasteiger partial charge in [0.1, 0.15) is 18.1 Å². The molecule has 39 heavy (non-hydrogen) atoms. The van der Waals surface area contributed by atoms with Gasteiger partial charge in [-0.05, 0) is 40.5 Å². The van der Waals surface area contributed by atoms with Gasteiger partial charge in [0.05, 0.1) is 0 Å². The fraction of sp³-hybridized carbons (Fsp3) is 0.214. The van der Waals surface area contributed by atoms with Gasteiger partial charge in [0.25, 0.3) is 11.5 Å². The Hall–Kier alpha value is -4.41. The molecule has 2 aromatic carbocycles. The molecule has 0 amide bonds. The highest BCUT2D eigenvalue weighted by molar-refractivity contribution is 6.33. The lowest BCUT2D eigenvalue weighted by molar-refractivity contribution is -0.618. The maximum Gasteiger partial charge on any atom is 0.277 e. The number of aromatic nitrogens is 7. The molecule has 3 heterocycles. The number of rotatable bonds is 10. The molecule has 0 spiro atoms. The van der Waals surface area contributed by atoms with E-state index in [9.17, 15) is 15.1 Å². The second kappa shape index (κ2) is 11.5. The third-order valence-electron chi connectivity index (χ3n) is 6.49. The van der Waals surface area contributed by atoms with Crippen LogP contribution in [-0.4, -0.2) is 41.1 Å². The summed E-state index contributed by atoms with van der Waals surface area (Å²) in [6.07, 6.45) is 2.39. The zero-order valence-corrected chi connectivity index (χ0v) is 22.0. The highest BCUT2D eigenvalue weighted by Crippen LogP contribution is 2.32. The minimum atomic E-state index is -0.570. The van der Waals surface area contributed by atoms with E-state index in [-0.39, 0.29) is 28.8 Å². The summed E-state index contributed by atoms with van der Waals surface area (Å²) in [5.41, 5.74) is 3.60. The van der Waals surface area contributed by atoms with Crippen molar-refractivity contribution in [2.24, 2.45) is 0 Å². The minimum absolute atomic E-state index is 0.0276. The number of carbonyl (C=O) groups excluding carboxylic acids is 1. The molecule has 3 aromatic heterocycles. The van der Waals surface area contributed by atoms with E-state index in [1.165, 1.54) is 12.1 Å². The molecule has 0 radical (unpaired) electrons. The molecule has 5 rings (SSSR count). The van der Waals surface area contributed by atoms with Crippen LogP contribution in [0.25, 0.3) is 22.5 Å². The van der Waals surface area contributed by atoms with Crippen molar-refractivity contribution in [3.05, 3.63) is 106 Å². The molecule has 0 atom stereocenters. The highest BCUT2D eigenvalue weighted by Gasteiger charge is 2.29. The molecule has 0 fully saturated rings. The molecule has 0 aliphatic heterocycles. The lowest BCUT2D eigenvalue weighted by Gasteiger charge is -2.14. The van der Waals surface area contributed by atoms with Crippen LogP contribution >= 0.6 is 11.6 Å². The first-order chi connectivity index (χ1) is 19.0. The van der Waals surface area contributed by atoms with Crippen molar-refractivity contribution in [1.29, 1.82) is 0 Å². The summed E-state index contributed by atoms with van der Waals surface area (Å²) in [5.74, 6) is 0.518. The Bertz CT molecular complexity index is 1600. The van der Waals surface area contributed by atoms with Gasteiger partial charge >= 0.3 is 0 Å². The zero-order valence-electron chi connectivity index (χ0n) is 21.2. The minimum Gasteiger partial charge on any atom is -0.618 e. The Labute approximate surface area is 229 Å². The summed E-state index contributed by atoms with van der Waals surface area (Å²) in [5, 5.41) is 36.9. The Morgan fingerprint density at radius 2 is 1.92 bits per heavy atom. The fourth-order valence-corrected chi connectivity index (χ4v) is 4.81. The number of H-pyrrole nitrogens is 1. The Kier molecular flexibility index (Phi) is 7.76. The van der Waals surface area contributed by atoms with Crippen LogP contribution in [0.4, 0.5) is 0 Å². The summed E-state index contributed by atoms with van der Waals surface area (Å²) in [6, 6.07) is 20.2. The van der Waals surface area contributed by atoms with Gasteiger partial charge in [0.15, 0.2) is 5.15 Å². The van der Waals surface area contributed by atoms with E-state index >= 15 is 0 Å². The number of pyridine rings is 1. The number of benzene rings is 2. The van der Waals surface area contributed by atoms with Crippen molar-refractivity contribution in [3.63, 3.8) is 0 Å². The zero-order chi connectivity index (χ0) is 27.4. The number of aliphatic hydroxyl groups excluding tert-OH is 1. The quantitative estimate of drug-likeness (QED) is 0.153. The molecule has 11 heteroatoms. The molecule has 0 unspecified atom stereocenters. The van der Waals surface area contributed by atoms with E-state index in [0.29, 0.717) is 22.8 Å². The number of hydrogen-bond donors (Lipinski definition) is 2. The van der Waals surface area contributed by atoms with E-state index in [1.807, 2.05) is 48.5 Å². The van der Waals surface area contributed by atoms with Gasteiger partial charge in [-0.15, -0.1) is 10.2 Å². The SMILES string of the molecule is CCCCc1nc(Cl)c(C(=O)c2cccc(CO)[n+]2[O-])n1Cc1ccc(-c2ccccc2)c(-c2nn[nH]n2)c1. The Morgan fingerprint density at radius 3 is 2.64 bits per heavy atom. The number of nitrogens with one attached hydrogen (secondary N) is 1. The fourth-order valence-electron chi connectivity index (χ4n) is 4.53. The monoisotopic (exact) mass is 543 g/mol. The van der Waals surface area contributed by atoms with Crippen molar-refractivity contribution in [1.82, 2.24) is 30.2 Å². The number of unbranched alkanes of at least 4 members (excludes halogenated alkanes) is 1. The number of aryl methyl sites for hydroxylation is 1. The van der Waals surface area contributed by atoms with Gasteiger partial charge in [-0.2, -0.15) is 9.94 Å². The molecule has 2 N–H and O–H groups in total. The third-order valence-corrected chi connectivity index (χ3v) is 6.75. The van der Waals surface area contributed by atoms with Crippen LogP contribution in [0.1, 0.15) is 53.0 Å². The van der Waals surface area contributed by atoms with Gasteiger partial charge in [-0.3, -0.25) is 4.79 Å². The first-order valence-electron chi connectivity index (χ1n) is 12.6. The number of nitrogens with zero attached hydrogens (tertiary/aromatic N) is 6. The number of aromatic amines is 1. The van der Waals surface area contributed by atoms with E-state index in [1.54, 1.807) is 10.6 Å². The number of hydrogen-bond acceptors (Lipinski definition) is 7. The summed E-state index contributed by atoms with van der Waals surface area (Å²) >= 11 is 6.54. The topological polar surface area (TPSA) is 137 Å². The molecule has 0 aliphatic rings. The van der Waals surface area contributed by atoms with E-state index < -0.39 is 12.4 Å². The van der Waals surface area contributed by atoms with Crippen molar-refractivity contribution in [3.8, 4) is 22.5 Å². The van der Waals surface area contributed by atoms with E-state index in [0.717, 1.165) is 35.1 Å². The number of ketones is 1. The average Bonchev–Trinajstić information content (AvgIpc) is 3.60. The van der Waals surface area contributed by atoms with Crippen LogP contribution in [-0.2, 0) is 19.6 Å². The maximum absolute atomic E-state index is 13.7. The molecule has 0 saturated heterocycles. The molecule has 0 saturated carbocycles. The largest absolute Gasteiger partial charge is 0.618 e. The summed E-state index contributed by atoms with van der Waals surface area (Å²) < 4.78 is 2.20. The maximum atomic E-state index is 13.7. The average molecular weight is 544 g/mol. The van der Waals surface area contributed by atoms with Crippen LogP contribution < -0.4 is 4.73 Å². The molecular weight excluding hydrogens is 518 g/mol. The molecular formula is C28H26ClN7O3. The number of imidazole rings is 1. The summed E-state index contributed by atoms with van der Waals surface area (Å²) in [4.78, 5) is 18.2. The molecule has 10 nitrogen and oxygen atoms in total. The summed E-state index contributed by atoms with van der Waals surface area (Å²) in [7, 11) is 0. The van der Waals surface area contributed by atoms with Crippen molar-refractivity contribution in [2.45, 2.75) is 39.3 Å². The van der Waals surface area contributed by atoms with Gasteiger partial charge in [-0.1, -0.05) is 67.4 Å². The normalized spacial score (nSPS) is 11.2. The smallest absolute Gasteiger partial charge is 0.277 e. The van der Waals surface area contributed by atoms with Gasteiger partial charge in [0.2, 0.25) is 11.5 Å². The van der Waals surface area contributed by atoms with Crippen molar-refractivity contribution >= 4 is 17.4 Å². The van der Waals surface area contributed by atoms with E-state index in [2.05, 4.69) is 32.5 Å². The number of carbonyl (C=O) groups is 1. The lowest BCUT2D eigenvalue weighted by Crippen LogP contribution is -2.39. The predicted molar refractivity (Wildman–Crippen MR) is 145 cm³/mol. The van der Waals surface area contributed by atoms with Crippen LogP contribution in [0.5, 0.6) is 0 Å². The highest BCUT2D eigenvalue weighted by atomic mass is 35.5. The Morgan fingerprint density at radius 1 is 1.10 bits per heavy atom. The number of tetrazole rings is 1. The molecule has 198 valence electrons. The predicted octanol–water partition coefficient (Wildman–Crippen LogP) is 4.13. The van der Waals surface area contributed by atoms with Gasteiger partial charge in [0, 0.05) is 30.7 Å². The van der Waals surface area contributed by atoms with Crippen molar-refractivity contribution < 1.29 is 14.6 Å². The van der Waals surface area contributed by atoms with E-state index in [4.69, 9.17) is 11.6 Å². The second-order valence-electron chi connectivity index (χ2n) is 9.02. The van der Waals surface area contributed by atoms with Gasteiger partial charge < -0.3 is 14.9 Å². The first kappa shape index (κ1) is 26.2. The van der Waals surface area contributed by atoms with Crippen molar-refractivity contribution in [2.75, 3.05) is 0 Å². The third kappa shape index (κ3) is 5.29. The molecule has 5 aromatic rings. The van der Waals surface area contributed by atoms with Gasteiger partial charge in [-0.25, -0.2) is 4.98 Å². The second-order valence-corrected chi connectivity index (χ2v) is 9.38. The van der Waals surface area contributed by atoms with Crippen LogP contribution in [0, 0.1) is 5.21 Å². The number of halogens is 1. The van der Waals surface area contributed by atoms with Crippen LogP contribution in [0.2, 0.25) is 5.15 Å². The first-order valence-corrected chi connectivity index (χ1v) is 12.9. The van der Waals surface area contributed by atoms with Crippen LogP contribution in [0.3, 0.4) is 0 Å². The summed E-state index contributed by atoms with van der Waals surface area (Å²) in [6.45, 7) is 1.85. The van der Waals surface area contributed by atoms with Crippen LogP contribution in [0.15, 0.2) is 66.7 Å². The standard InChI is InChI=1S/C28H26ClN7O3/c1-2-3-12-24-30-27(29)25(26(38)23-11-7-10-20(17-37)36(23)39)35(24)16-18-13-14-21(19-8-5-4-6-9-19)22(15-18)28-31-33-34-32-28/h4-11,13-15,37H,2-3,12,16-17H2,1H3,(H,31,32,33,34).